The highest BCUT2D eigenvalue weighted by atomic mass is 32.2. The van der Waals surface area contributed by atoms with Gasteiger partial charge in [-0.05, 0) is 59.7 Å². The molecular formula is C31H23N3O6S. The molecule has 6 rings (SSSR count). The van der Waals surface area contributed by atoms with Crippen LogP contribution in [0.3, 0.4) is 0 Å². The maximum Gasteiger partial charge on any atom is 0.353 e. The first kappa shape index (κ1) is 25.9. The summed E-state index contributed by atoms with van der Waals surface area (Å²) in [5.41, 5.74) is 3.33. The highest BCUT2D eigenvalue weighted by Crippen LogP contribution is 2.38. The molecule has 0 spiro atoms. The molecule has 0 saturated heterocycles. The number of H-pyrrole nitrogens is 1. The number of carboxylic acids is 2. The Bertz CT molecular complexity index is 2060. The zero-order valence-corrected chi connectivity index (χ0v) is 22.2. The molecule has 204 valence electrons. The SMILES string of the molecule is O=C(O)c1cc2cc(-c3c(C(=O)O)n(Cc4ccccc4)c4ccc(NS(=O)(=O)c5ccccc5)cc34)ccc2[nH]1. The molecule has 41 heavy (non-hydrogen) atoms. The summed E-state index contributed by atoms with van der Waals surface area (Å²) in [6.07, 6.45) is 0. The largest absolute Gasteiger partial charge is 0.477 e. The molecule has 4 N–H and O–H groups in total. The zero-order chi connectivity index (χ0) is 28.7. The van der Waals surface area contributed by atoms with Crippen LogP contribution in [0.15, 0.2) is 108 Å². The van der Waals surface area contributed by atoms with Crippen molar-refractivity contribution < 1.29 is 28.2 Å². The van der Waals surface area contributed by atoms with E-state index in [1.807, 2.05) is 30.3 Å². The third-order valence-corrected chi connectivity index (χ3v) is 8.29. The standard InChI is InChI=1S/C31H23N3O6S/c35-30(36)26-16-21-15-20(11-13-25(21)32-26)28-24-17-22(33-41(39,40)23-9-5-2-6-10-23)12-14-27(24)34(29(28)31(37)38)18-19-7-3-1-4-8-19/h1-17,32-33H,18H2,(H,35,36)(H,37,38). The average molecular weight is 566 g/mol. The molecule has 2 heterocycles. The topological polar surface area (TPSA) is 141 Å². The van der Waals surface area contributed by atoms with Crippen molar-refractivity contribution >= 4 is 49.5 Å². The van der Waals surface area contributed by atoms with Crippen LogP contribution in [-0.2, 0) is 16.6 Å². The van der Waals surface area contributed by atoms with Crippen molar-refractivity contribution in [2.45, 2.75) is 11.4 Å². The minimum absolute atomic E-state index is 0.0136. The maximum atomic E-state index is 13.1. The van der Waals surface area contributed by atoms with Gasteiger partial charge in [-0.25, -0.2) is 18.0 Å². The van der Waals surface area contributed by atoms with Crippen LogP contribution in [0.1, 0.15) is 26.5 Å². The number of hydrogen-bond donors (Lipinski definition) is 4. The first-order chi connectivity index (χ1) is 19.7. The van der Waals surface area contributed by atoms with Crippen molar-refractivity contribution in [1.29, 1.82) is 0 Å². The number of nitrogens with zero attached hydrogens (tertiary/aromatic N) is 1. The predicted molar refractivity (Wildman–Crippen MR) is 156 cm³/mol. The van der Waals surface area contributed by atoms with E-state index in [4.69, 9.17) is 0 Å². The van der Waals surface area contributed by atoms with Crippen molar-refractivity contribution in [3.63, 3.8) is 0 Å². The molecular weight excluding hydrogens is 542 g/mol. The number of anilines is 1. The number of aromatic amines is 1. The van der Waals surface area contributed by atoms with Crippen LogP contribution >= 0.6 is 0 Å². The van der Waals surface area contributed by atoms with Gasteiger partial charge >= 0.3 is 11.9 Å². The van der Waals surface area contributed by atoms with Crippen LogP contribution in [-0.4, -0.2) is 40.1 Å². The summed E-state index contributed by atoms with van der Waals surface area (Å²) in [4.78, 5) is 27.3. The molecule has 0 atom stereocenters. The minimum Gasteiger partial charge on any atom is -0.477 e. The van der Waals surface area contributed by atoms with Gasteiger partial charge in [0, 0.05) is 39.6 Å². The highest BCUT2D eigenvalue weighted by molar-refractivity contribution is 7.92. The lowest BCUT2D eigenvalue weighted by atomic mass is 10.00. The van der Waals surface area contributed by atoms with Crippen LogP contribution in [0.4, 0.5) is 5.69 Å². The van der Waals surface area contributed by atoms with Crippen LogP contribution in [0.5, 0.6) is 0 Å². The minimum atomic E-state index is -3.89. The van der Waals surface area contributed by atoms with Gasteiger partial charge in [-0.3, -0.25) is 4.72 Å². The van der Waals surface area contributed by atoms with Crippen LogP contribution in [0, 0.1) is 0 Å². The molecule has 0 aliphatic carbocycles. The van der Waals surface area contributed by atoms with E-state index in [0.717, 1.165) is 5.56 Å². The summed E-state index contributed by atoms with van der Waals surface area (Å²) in [7, 11) is -3.89. The second-order valence-electron chi connectivity index (χ2n) is 9.54. The Labute approximate surface area is 234 Å². The highest BCUT2D eigenvalue weighted by Gasteiger charge is 2.25. The van der Waals surface area contributed by atoms with Crippen molar-refractivity contribution in [3.05, 3.63) is 120 Å². The summed E-state index contributed by atoms with van der Waals surface area (Å²) in [5.74, 6) is -2.26. The summed E-state index contributed by atoms with van der Waals surface area (Å²) in [5, 5.41) is 21.0. The summed E-state index contributed by atoms with van der Waals surface area (Å²) < 4.78 is 30.4. The molecule has 0 fully saturated rings. The van der Waals surface area contributed by atoms with E-state index >= 15 is 0 Å². The predicted octanol–water partition coefficient (Wildman–Crippen LogP) is 6.04. The Morgan fingerprint density at radius 3 is 2.20 bits per heavy atom. The molecule has 4 aromatic carbocycles. The monoisotopic (exact) mass is 565 g/mol. The Morgan fingerprint density at radius 1 is 0.805 bits per heavy atom. The van der Waals surface area contributed by atoms with E-state index in [2.05, 4.69) is 9.71 Å². The quantitative estimate of drug-likeness (QED) is 0.177. The Balaban J connectivity index is 1.57. The van der Waals surface area contributed by atoms with Crippen LogP contribution < -0.4 is 4.72 Å². The number of hydrogen-bond acceptors (Lipinski definition) is 4. The van der Waals surface area contributed by atoms with Gasteiger partial charge in [0.1, 0.15) is 11.4 Å². The molecule has 0 amide bonds. The van der Waals surface area contributed by atoms with Gasteiger partial charge in [0.25, 0.3) is 10.0 Å². The fourth-order valence-corrected chi connectivity index (χ4v) is 6.15. The van der Waals surface area contributed by atoms with Crippen molar-refractivity contribution in [1.82, 2.24) is 9.55 Å². The van der Waals surface area contributed by atoms with Gasteiger partial charge in [-0.2, -0.15) is 0 Å². The lowest BCUT2D eigenvalue weighted by Crippen LogP contribution is -2.12. The molecule has 0 unspecified atom stereocenters. The second kappa shape index (κ2) is 10.00. The first-order valence-corrected chi connectivity index (χ1v) is 14.1. The fraction of sp³-hybridized carbons (Fsp3) is 0.0323. The lowest BCUT2D eigenvalue weighted by Gasteiger charge is -2.10. The molecule has 6 aromatic rings. The normalized spacial score (nSPS) is 11.6. The van der Waals surface area contributed by atoms with E-state index in [1.54, 1.807) is 59.2 Å². The molecule has 0 radical (unpaired) electrons. The Morgan fingerprint density at radius 2 is 1.51 bits per heavy atom. The molecule has 9 nitrogen and oxygen atoms in total. The van der Waals surface area contributed by atoms with E-state index in [9.17, 15) is 28.2 Å². The van der Waals surface area contributed by atoms with Crippen molar-refractivity contribution in [2.24, 2.45) is 0 Å². The first-order valence-electron chi connectivity index (χ1n) is 12.6. The fourth-order valence-electron chi connectivity index (χ4n) is 5.08. The number of aromatic nitrogens is 2. The third kappa shape index (κ3) is 4.81. The molecule has 2 aromatic heterocycles. The lowest BCUT2D eigenvalue weighted by molar-refractivity contribution is 0.0678. The maximum absolute atomic E-state index is 13.1. The van der Waals surface area contributed by atoms with E-state index in [0.29, 0.717) is 32.9 Å². The van der Waals surface area contributed by atoms with Gasteiger partial charge in [-0.1, -0.05) is 54.6 Å². The number of nitrogens with one attached hydrogen (secondary N) is 2. The van der Waals surface area contributed by atoms with Gasteiger partial charge < -0.3 is 19.8 Å². The molecule has 0 aliphatic heterocycles. The summed E-state index contributed by atoms with van der Waals surface area (Å²) >= 11 is 0. The number of sulfonamides is 1. The zero-order valence-electron chi connectivity index (χ0n) is 21.4. The number of carbonyl (C=O) groups is 2. The van der Waals surface area contributed by atoms with Crippen LogP contribution in [0.2, 0.25) is 0 Å². The van der Waals surface area contributed by atoms with Gasteiger partial charge in [0.15, 0.2) is 0 Å². The van der Waals surface area contributed by atoms with Crippen LogP contribution in [0.25, 0.3) is 32.9 Å². The second-order valence-corrected chi connectivity index (χ2v) is 11.2. The number of carboxylic acid groups (broad SMARTS) is 2. The molecule has 0 bridgehead atoms. The van der Waals surface area contributed by atoms with Gasteiger partial charge in [0.2, 0.25) is 0 Å². The van der Waals surface area contributed by atoms with E-state index in [1.165, 1.54) is 18.2 Å². The average Bonchev–Trinajstić information content (AvgIpc) is 3.53. The molecule has 0 aliphatic rings. The Kier molecular flexibility index (Phi) is 6.32. The van der Waals surface area contributed by atoms with Gasteiger partial charge in [0.05, 0.1) is 4.90 Å². The third-order valence-electron chi connectivity index (χ3n) is 6.90. The van der Waals surface area contributed by atoms with E-state index < -0.39 is 22.0 Å². The number of aromatic carboxylic acids is 2. The Hall–Kier alpha value is -5.35. The smallest absolute Gasteiger partial charge is 0.353 e. The van der Waals surface area contributed by atoms with E-state index in [-0.39, 0.29) is 28.5 Å². The number of benzene rings is 4. The number of rotatable bonds is 8. The summed E-state index contributed by atoms with van der Waals surface area (Å²) in [6.45, 7) is 0.267. The summed E-state index contributed by atoms with van der Waals surface area (Å²) in [6, 6.07) is 29.0. The molecule has 0 saturated carbocycles. The van der Waals surface area contributed by atoms with Crippen molar-refractivity contribution in [2.75, 3.05) is 4.72 Å². The number of fused-ring (bicyclic) bond motifs is 2. The molecule has 10 heteroatoms. The van der Waals surface area contributed by atoms with Crippen molar-refractivity contribution in [3.8, 4) is 11.1 Å². The van der Waals surface area contributed by atoms with Gasteiger partial charge in [-0.15, -0.1) is 0 Å².